The van der Waals surface area contributed by atoms with Crippen LogP contribution in [0.1, 0.15) is 47.5 Å². The number of likely N-dealkylation sites (N-methyl/N-ethyl adjacent to an activating group) is 1. The van der Waals surface area contributed by atoms with Gasteiger partial charge in [-0.1, -0.05) is 40.9 Å². The fourth-order valence-electron chi connectivity index (χ4n) is 2.53. The molecule has 0 atom stereocenters. The van der Waals surface area contributed by atoms with Crippen molar-refractivity contribution in [2.45, 2.75) is 31.6 Å². The second kappa shape index (κ2) is 5.78. The lowest BCUT2D eigenvalue weighted by Gasteiger charge is -2.12. The number of nitrogens with one attached hydrogen (secondary N) is 1. The summed E-state index contributed by atoms with van der Waals surface area (Å²) in [6.45, 7) is 0.398. The molecule has 3 heteroatoms. The quantitative estimate of drug-likeness (QED) is 0.861. The molecule has 1 aromatic rings. The Balaban J connectivity index is 2.19. The zero-order valence-corrected chi connectivity index (χ0v) is 11.7. The maximum atomic E-state index is 11.7. The van der Waals surface area contributed by atoms with Gasteiger partial charge in [-0.15, -0.1) is 0 Å². The van der Waals surface area contributed by atoms with Gasteiger partial charge in [-0.25, -0.2) is 0 Å². The Morgan fingerprint density at radius 3 is 2.71 bits per heavy atom. The molecule has 0 aliphatic heterocycles. The van der Waals surface area contributed by atoms with Gasteiger partial charge in [-0.2, -0.15) is 0 Å². The summed E-state index contributed by atoms with van der Waals surface area (Å²) in [5.74, 6) is 0.823. The Labute approximate surface area is 111 Å². The van der Waals surface area contributed by atoms with Gasteiger partial charge in [0.05, 0.1) is 6.54 Å². The van der Waals surface area contributed by atoms with Crippen molar-refractivity contribution in [3.8, 4) is 0 Å². The molecule has 0 amide bonds. The minimum Gasteiger partial charge on any atom is -0.313 e. The van der Waals surface area contributed by atoms with Gasteiger partial charge in [-0.05, 0) is 37.4 Å². The molecule has 0 saturated heterocycles. The average molecular weight is 296 g/mol. The fraction of sp³-hybridized carbons (Fsp3) is 0.500. The van der Waals surface area contributed by atoms with Crippen LogP contribution >= 0.6 is 15.9 Å². The van der Waals surface area contributed by atoms with E-state index in [1.165, 1.54) is 31.2 Å². The molecule has 17 heavy (non-hydrogen) atoms. The van der Waals surface area contributed by atoms with E-state index in [4.69, 9.17) is 0 Å². The molecule has 1 saturated carbocycles. The van der Waals surface area contributed by atoms with E-state index >= 15 is 0 Å². The molecule has 2 nitrogen and oxygen atoms in total. The fourth-order valence-corrected chi connectivity index (χ4v) is 3.23. The van der Waals surface area contributed by atoms with Crippen molar-refractivity contribution in [2.24, 2.45) is 0 Å². The van der Waals surface area contributed by atoms with Crippen LogP contribution in [0.4, 0.5) is 0 Å². The van der Waals surface area contributed by atoms with Gasteiger partial charge in [-0.3, -0.25) is 4.79 Å². The first-order chi connectivity index (χ1) is 8.22. The van der Waals surface area contributed by atoms with Crippen molar-refractivity contribution in [1.29, 1.82) is 0 Å². The monoisotopic (exact) mass is 295 g/mol. The van der Waals surface area contributed by atoms with Gasteiger partial charge in [0, 0.05) is 10.0 Å². The molecule has 1 N–H and O–H groups in total. The van der Waals surface area contributed by atoms with Crippen LogP contribution in [0.3, 0.4) is 0 Å². The Morgan fingerprint density at radius 1 is 1.41 bits per heavy atom. The van der Waals surface area contributed by atoms with Crippen LogP contribution in [-0.4, -0.2) is 19.4 Å². The van der Waals surface area contributed by atoms with E-state index in [2.05, 4.69) is 27.3 Å². The van der Waals surface area contributed by atoms with Gasteiger partial charge in [0.25, 0.3) is 0 Å². The van der Waals surface area contributed by atoms with Crippen LogP contribution in [0.25, 0.3) is 0 Å². The van der Waals surface area contributed by atoms with Gasteiger partial charge in [0.2, 0.25) is 0 Å². The van der Waals surface area contributed by atoms with E-state index in [1.807, 2.05) is 12.1 Å². The summed E-state index contributed by atoms with van der Waals surface area (Å²) in [6, 6.07) is 6.04. The molecular weight excluding hydrogens is 278 g/mol. The Hall–Kier alpha value is -0.670. The first-order valence-corrected chi connectivity index (χ1v) is 6.99. The van der Waals surface area contributed by atoms with Crippen molar-refractivity contribution < 1.29 is 4.79 Å². The van der Waals surface area contributed by atoms with Crippen molar-refractivity contribution in [2.75, 3.05) is 13.6 Å². The molecule has 1 aromatic carbocycles. The summed E-state index contributed by atoms with van der Waals surface area (Å²) < 4.78 is 1.09. The summed E-state index contributed by atoms with van der Waals surface area (Å²) >= 11 is 3.60. The number of halogens is 1. The molecule has 0 aromatic heterocycles. The van der Waals surface area contributed by atoms with Gasteiger partial charge in [0.15, 0.2) is 5.78 Å². The first kappa shape index (κ1) is 12.8. The molecule has 0 unspecified atom stereocenters. The predicted molar refractivity (Wildman–Crippen MR) is 73.6 cm³/mol. The average Bonchev–Trinajstić information content (AvgIpc) is 2.82. The zero-order chi connectivity index (χ0) is 12.3. The largest absolute Gasteiger partial charge is 0.313 e. The molecule has 1 aliphatic rings. The predicted octanol–water partition coefficient (Wildman–Crippen LogP) is 3.51. The summed E-state index contributed by atoms with van der Waals surface area (Å²) in [5.41, 5.74) is 2.15. The van der Waals surface area contributed by atoms with E-state index in [9.17, 15) is 4.79 Å². The molecule has 0 bridgehead atoms. The highest BCUT2D eigenvalue weighted by Crippen LogP contribution is 2.37. The Kier molecular flexibility index (Phi) is 4.35. The van der Waals surface area contributed by atoms with Crippen molar-refractivity contribution in [3.05, 3.63) is 33.8 Å². The topological polar surface area (TPSA) is 29.1 Å². The minimum atomic E-state index is 0.145. The lowest BCUT2D eigenvalue weighted by Crippen LogP contribution is -2.18. The smallest absolute Gasteiger partial charge is 0.176 e. The number of rotatable bonds is 4. The number of carbonyl (C=O) groups excluding carboxylic acids is 1. The molecular formula is C14H18BrNO. The third kappa shape index (κ3) is 2.96. The second-order valence-electron chi connectivity index (χ2n) is 4.67. The summed E-state index contributed by atoms with van der Waals surface area (Å²) in [5, 5.41) is 2.89. The van der Waals surface area contributed by atoms with Crippen LogP contribution in [0.2, 0.25) is 0 Å². The Bertz CT molecular complexity index is 411. The van der Waals surface area contributed by atoms with Gasteiger partial charge in [0.1, 0.15) is 0 Å². The molecule has 2 rings (SSSR count). The highest BCUT2D eigenvalue weighted by atomic mass is 79.9. The van der Waals surface area contributed by atoms with Crippen LogP contribution < -0.4 is 5.32 Å². The van der Waals surface area contributed by atoms with Gasteiger partial charge >= 0.3 is 0 Å². The molecule has 92 valence electrons. The molecule has 1 aliphatic carbocycles. The third-order valence-electron chi connectivity index (χ3n) is 3.45. The maximum Gasteiger partial charge on any atom is 0.176 e. The van der Waals surface area contributed by atoms with E-state index in [-0.39, 0.29) is 5.78 Å². The van der Waals surface area contributed by atoms with Crippen LogP contribution in [-0.2, 0) is 0 Å². The first-order valence-electron chi connectivity index (χ1n) is 6.19. The van der Waals surface area contributed by atoms with Crippen molar-refractivity contribution in [3.63, 3.8) is 0 Å². The third-order valence-corrected chi connectivity index (χ3v) is 4.14. The van der Waals surface area contributed by atoms with Crippen molar-refractivity contribution >= 4 is 21.7 Å². The van der Waals surface area contributed by atoms with Crippen molar-refractivity contribution in [1.82, 2.24) is 5.32 Å². The lowest BCUT2D eigenvalue weighted by atomic mass is 9.96. The van der Waals surface area contributed by atoms with Crippen LogP contribution in [0, 0.1) is 0 Å². The van der Waals surface area contributed by atoms with E-state index in [1.54, 1.807) is 7.05 Å². The standard InChI is InChI=1S/C14H18BrNO/c1-16-9-14(17)11-6-7-12(13(15)8-11)10-4-2-3-5-10/h6-8,10,16H,2-5,9H2,1H3. The highest BCUT2D eigenvalue weighted by Gasteiger charge is 2.19. The number of hydrogen-bond acceptors (Lipinski definition) is 2. The number of benzene rings is 1. The van der Waals surface area contributed by atoms with E-state index in [0.29, 0.717) is 12.5 Å². The van der Waals surface area contributed by atoms with Crippen LogP contribution in [0.15, 0.2) is 22.7 Å². The number of ketones is 1. The second-order valence-corrected chi connectivity index (χ2v) is 5.53. The SMILES string of the molecule is CNCC(=O)c1ccc(C2CCCC2)c(Br)c1. The maximum absolute atomic E-state index is 11.7. The highest BCUT2D eigenvalue weighted by molar-refractivity contribution is 9.10. The number of hydrogen-bond donors (Lipinski definition) is 1. The van der Waals surface area contributed by atoms with Crippen LogP contribution in [0.5, 0.6) is 0 Å². The van der Waals surface area contributed by atoms with Gasteiger partial charge < -0.3 is 5.32 Å². The summed E-state index contributed by atoms with van der Waals surface area (Å²) in [6.07, 6.45) is 5.22. The number of carbonyl (C=O) groups is 1. The zero-order valence-electron chi connectivity index (χ0n) is 10.1. The minimum absolute atomic E-state index is 0.145. The van der Waals surface area contributed by atoms with E-state index < -0.39 is 0 Å². The Morgan fingerprint density at radius 2 is 2.12 bits per heavy atom. The number of Topliss-reactive ketones (excluding diaryl/α,β-unsaturated/α-hetero) is 1. The lowest BCUT2D eigenvalue weighted by molar-refractivity contribution is 0.0993. The summed E-state index contributed by atoms with van der Waals surface area (Å²) in [7, 11) is 1.79. The van der Waals surface area contributed by atoms with E-state index in [0.717, 1.165) is 10.0 Å². The summed E-state index contributed by atoms with van der Waals surface area (Å²) in [4.78, 5) is 11.7. The molecule has 1 fully saturated rings. The molecule has 0 spiro atoms. The normalized spacial score (nSPS) is 16.4. The molecule has 0 heterocycles. The molecule has 0 radical (unpaired) electrons.